The van der Waals surface area contributed by atoms with Crippen LogP contribution in [0.25, 0.3) is 0 Å². The lowest BCUT2D eigenvalue weighted by Gasteiger charge is -2.15. The molecule has 156 valence electrons. The summed E-state index contributed by atoms with van der Waals surface area (Å²) in [6, 6.07) is 7.79. The number of carbonyl (C=O) groups is 2. The predicted octanol–water partition coefficient (Wildman–Crippen LogP) is 2.16. The number of nitrogens with zero attached hydrogens (tertiary/aromatic N) is 3. The van der Waals surface area contributed by atoms with Gasteiger partial charge in [0.1, 0.15) is 17.9 Å². The van der Waals surface area contributed by atoms with Crippen molar-refractivity contribution in [1.29, 1.82) is 0 Å². The van der Waals surface area contributed by atoms with Crippen LogP contribution in [0, 0.1) is 12.7 Å². The Balaban J connectivity index is 1.70. The third-order valence-corrected chi connectivity index (χ3v) is 4.80. The van der Waals surface area contributed by atoms with Crippen LogP contribution in [-0.4, -0.2) is 26.2 Å². The molecule has 0 bridgehead atoms. The maximum atomic E-state index is 13.0. The lowest BCUT2D eigenvalue weighted by molar-refractivity contribution is -0.122. The molecule has 0 aliphatic rings. The number of carbonyl (C=O) groups excluding carboxylic acids is 2. The van der Waals surface area contributed by atoms with E-state index in [9.17, 15) is 18.8 Å². The van der Waals surface area contributed by atoms with Crippen LogP contribution < -0.4 is 16.2 Å². The predicted molar refractivity (Wildman–Crippen MR) is 110 cm³/mol. The van der Waals surface area contributed by atoms with Gasteiger partial charge in [-0.2, -0.15) is 5.10 Å². The molecule has 0 aliphatic heterocycles. The van der Waals surface area contributed by atoms with E-state index < -0.39 is 17.3 Å². The Kier molecular flexibility index (Phi) is 6.10. The highest BCUT2D eigenvalue weighted by atomic mass is 19.1. The van der Waals surface area contributed by atoms with E-state index in [0.717, 1.165) is 15.8 Å². The number of halogens is 1. The van der Waals surface area contributed by atoms with Gasteiger partial charge in [0.05, 0.1) is 12.2 Å². The second-order valence-electron chi connectivity index (χ2n) is 6.91. The first-order valence-corrected chi connectivity index (χ1v) is 9.30. The van der Waals surface area contributed by atoms with Crippen molar-refractivity contribution in [1.82, 2.24) is 19.7 Å². The Morgan fingerprint density at radius 3 is 2.53 bits per heavy atom. The van der Waals surface area contributed by atoms with Gasteiger partial charge in [-0.05, 0) is 50.2 Å². The van der Waals surface area contributed by atoms with Crippen LogP contribution in [0.4, 0.5) is 10.1 Å². The van der Waals surface area contributed by atoms with Gasteiger partial charge in [0.25, 0.3) is 11.5 Å². The van der Waals surface area contributed by atoms with Crippen LogP contribution in [0.15, 0.2) is 53.6 Å². The van der Waals surface area contributed by atoms with Crippen molar-refractivity contribution in [2.24, 2.45) is 7.05 Å². The van der Waals surface area contributed by atoms with Crippen molar-refractivity contribution in [2.45, 2.75) is 26.4 Å². The normalized spacial score (nSPS) is 11.7. The maximum Gasteiger partial charge on any atom is 0.263 e. The molecule has 3 aromatic rings. The van der Waals surface area contributed by atoms with Gasteiger partial charge >= 0.3 is 0 Å². The quantitative estimate of drug-likeness (QED) is 0.649. The van der Waals surface area contributed by atoms with Gasteiger partial charge in [0.15, 0.2) is 0 Å². The van der Waals surface area contributed by atoms with Crippen LogP contribution >= 0.6 is 0 Å². The van der Waals surface area contributed by atoms with E-state index in [1.54, 1.807) is 10.9 Å². The fourth-order valence-corrected chi connectivity index (χ4v) is 3.03. The highest BCUT2D eigenvalue weighted by Crippen LogP contribution is 2.15. The van der Waals surface area contributed by atoms with E-state index >= 15 is 0 Å². The fourth-order valence-electron chi connectivity index (χ4n) is 3.03. The van der Waals surface area contributed by atoms with Gasteiger partial charge in [0, 0.05) is 30.2 Å². The number of rotatable bonds is 6. The summed E-state index contributed by atoms with van der Waals surface area (Å²) in [7, 11) is 1.81. The molecule has 2 heterocycles. The molecule has 9 heteroatoms. The summed E-state index contributed by atoms with van der Waals surface area (Å²) in [4.78, 5) is 37.5. The van der Waals surface area contributed by atoms with E-state index in [4.69, 9.17) is 0 Å². The molecule has 1 atom stereocenters. The number of amides is 2. The van der Waals surface area contributed by atoms with Crippen molar-refractivity contribution >= 4 is 17.5 Å². The summed E-state index contributed by atoms with van der Waals surface area (Å²) in [5.41, 5.74) is 1.45. The Bertz CT molecular complexity index is 1130. The van der Waals surface area contributed by atoms with Crippen LogP contribution in [0.5, 0.6) is 0 Å². The van der Waals surface area contributed by atoms with Crippen molar-refractivity contribution in [3.05, 3.63) is 81.8 Å². The molecule has 2 N–H and O–H groups in total. The molecule has 1 unspecified atom stereocenters. The van der Waals surface area contributed by atoms with Crippen molar-refractivity contribution in [2.75, 3.05) is 5.32 Å². The summed E-state index contributed by atoms with van der Waals surface area (Å²) in [6.07, 6.45) is 3.13. The number of hydrogen-bond acceptors (Lipinski definition) is 4. The molecule has 0 saturated heterocycles. The van der Waals surface area contributed by atoms with Crippen LogP contribution in [-0.2, 0) is 18.4 Å². The molecule has 0 fully saturated rings. The topological polar surface area (TPSA) is 98.0 Å². The minimum Gasteiger partial charge on any atom is -0.348 e. The first-order valence-electron chi connectivity index (χ1n) is 9.30. The summed E-state index contributed by atoms with van der Waals surface area (Å²) >= 11 is 0. The number of pyridine rings is 1. The summed E-state index contributed by atoms with van der Waals surface area (Å²) in [5.74, 6) is -1.44. The van der Waals surface area contributed by atoms with Crippen LogP contribution in [0.1, 0.15) is 34.6 Å². The molecule has 2 aromatic heterocycles. The lowest BCUT2D eigenvalue weighted by atomic mass is 10.1. The Labute approximate surface area is 172 Å². The van der Waals surface area contributed by atoms with E-state index in [1.165, 1.54) is 42.6 Å². The molecular weight excluding hydrogens is 389 g/mol. The number of aryl methyl sites for hydroxylation is 1. The number of aromatic nitrogens is 3. The monoisotopic (exact) mass is 411 g/mol. The second-order valence-corrected chi connectivity index (χ2v) is 6.91. The zero-order valence-corrected chi connectivity index (χ0v) is 16.8. The first-order chi connectivity index (χ1) is 14.3. The zero-order chi connectivity index (χ0) is 21.8. The standard InChI is InChI=1S/C21H22FN5O3/c1-13(18-11-23-26(3)14(18)2)24-19(28)12-27-10-4-5-17(21(27)30)20(29)25-16-8-6-15(22)7-9-16/h4-11,13H,12H2,1-3H3,(H,24,28)(H,25,29). The molecule has 3 rings (SSSR count). The average molecular weight is 411 g/mol. The molecule has 0 radical (unpaired) electrons. The first kappa shape index (κ1) is 21.0. The number of hydrogen-bond donors (Lipinski definition) is 2. The van der Waals surface area contributed by atoms with Crippen LogP contribution in [0.3, 0.4) is 0 Å². The van der Waals surface area contributed by atoms with Gasteiger partial charge < -0.3 is 15.2 Å². The third-order valence-electron chi connectivity index (χ3n) is 4.80. The van der Waals surface area contributed by atoms with E-state index in [0.29, 0.717) is 5.69 Å². The molecular formula is C21H22FN5O3. The SMILES string of the molecule is Cc1c(C(C)NC(=O)Cn2cccc(C(=O)Nc3ccc(F)cc3)c2=O)cnn1C. The highest BCUT2D eigenvalue weighted by molar-refractivity contribution is 6.04. The molecule has 1 aromatic carbocycles. The van der Waals surface area contributed by atoms with E-state index in [-0.39, 0.29) is 24.1 Å². The van der Waals surface area contributed by atoms with Gasteiger partial charge in [0.2, 0.25) is 5.91 Å². The van der Waals surface area contributed by atoms with Gasteiger partial charge in [-0.3, -0.25) is 19.1 Å². The van der Waals surface area contributed by atoms with Gasteiger partial charge in [-0.15, -0.1) is 0 Å². The van der Waals surface area contributed by atoms with Crippen LogP contribution in [0.2, 0.25) is 0 Å². The summed E-state index contributed by atoms with van der Waals surface area (Å²) < 4.78 is 15.9. The molecule has 0 saturated carbocycles. The summed E-state index contributed by atoms with van der Waals surface area (Å²) in [6.45, 7) is 3.50. The minimum absolute atomic E-state index is 0.120. The second kappa shape index (κ2) is 8.73. The smallest absolute Gasteiger partial charge is 0.263 e. The minimum atomic E-state index is -0.638. The lowest BCUT2D eigenvalue weighted by Crippen LogP contribution is -2.36. The maximum absolute atomic E-state index is 13.0. The Hall–Kier alpha value is -3.75. The van der Waals surface area contributed by atoms with Gasteiger partial charge in [-0.25, -0.2) is 4.39 Å². The molecule has 2 amide bonds. The van der Waals surface area contributed by atoms with Gasteiger partial charge in [-0.1, -0.05) is 0 Å². The average Bonchev–Trinajstić information content (AvgIpc) is 3.04. The molecule has 30 heavy (non-hydrogen) atoms. The fraction of sp³-hybridized carbons (Fsp3) is 0.238. The number of anilines is 1. The Morgan fingerprint density at radius 2 is 1.90 bits per heavy atom. The van der Waals surface area contributed by atoms with Crippen molar-refractivity contribution in [3.8, 4) is 0 Å². The molecule has 0 aliphatic carbocycles. The highest BCUT2D eigenvalue weighted by Gasteiger charge is 2.17. The Morgan fingerprint density at radius 1 is 1.20 bits per heavy atom. The molecule has 8 nitrogen and oxygen atoms in total. The van der Waals surface area contributed by atoms with Crippen molar-refractivity contribution < 1.29 is 14.0 Å². The van der Waals surface area contributed by atoms with E-state index in [1.807, 2.05) is 20.9 Å². The summed E-state index contributed by atoms with van der Waals surface area (Å²) in [5, 5.41) is 9.53. The number of nitrogens with one attached hydrogen (secondary N) is 2. The molecule has 0 spiro atoms. The third kappa shape index (κ3) is 4.62. The van der Waals surface area contributed by atoms with Crippen molar-refractivity contribution in [3.63, 3.8) is 0 Å². The number of benzene rings is 1. The van der Waals surface area contributed by atoms with E-state index in [2.05, 4.69) is 15.7 Å². The zero-order valence-electron chi connectivity index (χ0n) is 16.8. The largest absolute Gasteiger partial charge is 0.348 e.